The average Bonchev–Trinajstić information content (AvgIpc) is 3.63. The van der Waals surface area contributed by atoms with E-state index in [9.17, 15) is 0 Å². The summed E-state index contributed by atoms with van der Waals surface area (Å²) in [7, 11) is 5.65. The molecule has 100 heavy (non-hydrogen) atoms. The standard InChI is InChI=1S/3C6H7N.2C5H6O.2C5H6S.4C4H6N2.C3H5N3.12C2H6.CH4/c1-6-2-4-7-5-3-6;1-6-3-2-4-7-5-6;1-6-4-2-3-5-7-6;1-5-2-3-6-4-5;1-5-3-2-4-6-5;1-5-2-3-6-4-5;1-5-3-2-4-6-5;1-6-3-2-5-4-6;1-6-4-2-3-5-6;1-4-5-2-3-6-4;1-4-2-3-5-6-4;1-6-3-4-2-5-6;12*1-2;/h3*2-5H,1H3;6*2-4H,1H3;2*2-3H,1H3,(H,5,6);2-3H,1H3;12*1-2H3;1H4. The van der Waals surface area contributed by atoms with E-state index in [0.717, 1.165) is 23.0 Å². The molecule has 0 aliphatic carbocycles. The second-order valence-electron chi connectivity index (χ2n) is 15.5. The topological polar surface area (TPSA) is 189 Å². The highest BCUT2D eigenvalue weighted by Gasteiger charge is 1.80. The van der Waals surface area contributed by atoms with E-state index in [2.05, 4.69) is 103 Å². The van der Waals surface area contributed by atoms with Gasteiger partial charge in [-0.15, -0.1) is 11.3 Å². The lowest BCUT2D eigenvalue weighted by Gasteiger charge is -1.82. The summed E-state index contributed by atoms with van der Waals surface area (Å²) in [4.78, 5) is 27.3. The first-order valence-electron chi connectivity index (χ1n) is 35.4. The van der Waals surface area contributed by atoms with Gasteiger partial charge in [0.2, 0.25) is 0 Å². The largest absolute Gasteiger partial charge is 0.472 e. The number of furan rings is 2. The van der Waals surface area contributed by atoms with Gasteiger partial charge in [-0.25, -0.2) is 15.0 Å². The summed E-state index contributed by atoms with van der Waals surface area (Å²) in [5.74, 6) is 1.94. The molecule has 0 aliphatic rings. The first-order chi connectivity index (χ1) is 48.2. The Morgan fingerprint density at radius 2 is 1.03 bits per heavy atom. The third kappa shape index (κ3) is 114. The molecule has 0 aromatic carbocycles. The van der Waals surface area contributed by atoms with Crippen LogP contribution in [0.15, 0.2) is 228 Å². The Kier molecular flexibility index (Phi) is 143. The summed E-state index contributed by atoms with van der Waals surface area (Å²) in [5.41, 5.74) is 7.19. The van der Waals surface area contributed by atoms with Gasteiger partial charge in [0.05, 0.1) is 25.1 Å². The molecule has 0 spiro atoms. The molecule has 0 amide bonds. The summed E-state index contributed by atoms with van der Waals surface area (Å²) >= 11 is 3.52. The van der Waals surface area contributed by atoms with Gasteiger partial charge in [0, 0.05) is 112 Å². The van der Waals surface area contributed by atoms with Crippen molar-refractivity contribution in [3.63, 3.8) is 0 Å². The normalized spacial score (nSPS) is 7.32. The number of thiophene rings is 2. The molecule has 12 aromatic heterocycles. The molecule has 0 fully saturated rings. The summed E-state index contributed by atoms with van der Waals surface area (Å²) in [6.45, 7) is 66.0. The van der Waals surface area contributed by atoms with Crippen LogP contribution in [0, 0.1) is 62.3 Å². The highest BCUT2D eigenvalue weighted by atomic mass is 32.1. The first kappa shape index (κ1) is 122. The van der Waals surface area contributed by atoms with Crippen molar-refractivity contribution in [1.29, 1.82) is 0 Å². The van der Waals surface area contributed by atoms with Gasteiger partial charge < -0.3 is 18.4 Å². The number of aryl methyl sites for hydroxylation is 12. The van der Waals surface area contributed by atoms with Crippen LogP contribution in [0.2, 0.25) is 0 Å². The smallest absolute Gasteiger partial charge is 0.137 e. The summed E-state index contributed by atoms with van der Waals surface area (Å²) < 4.78 is 14.8. The zero-order valence-corrected chi connectivity index (χ0v) is 70.9. The number of nitrogens with zero attached hydrogens (tertiary/aromatic N) is 12. The van der Waals surface area contributed by atoms with E-state index in [4.69, 9.17) is 8.83 Å². The third-order valence-corrected chi connectivity index (χ3v) is 9.81. The zero-order valence-electron chi connectivity index (χ0n) is 69.3. The van der Waals surface area contributed by atoms with Crippen LogP contribution < -0.4 is 0 Å². The first-order valence-corrected chi connectivity index (χ1v) is 37.2. The van der Waals surface area contributed by atoms with Gasteiger partial charge in [0.1, 0.15) is 24.2 Å². The second kappa shape index (κ2) is 118. The molecule has 572 valence electrons. The number of rotatable bonds is 0. The Morgan fingerprint density at radius 3 is 1.18 bits per heavy atom. The van der Waals surface area contributed by atoms with Crippen LogP contribution in [0.3, 0.4) is 0 Å². The Hall–Kier alpha value is -8.61. The van der Waals surface area contributed by atoms with Gasteiger partial charge in [0.15, 0.2) is 0 Å². The maximum Gasteiger partial charge on any atom is 0.137 e. The van der Waals surface area contributed by atoms with E-state index in [1.807, 2.05) is 332 Å². The minimum absolute atomic E-state index is 0. The van der Waals surface area contributed by atoms with Gasteiger partial charge in [-0.1, -0.05) is 192 Å². The molecule has 0 saturated heterocycles. The molecule has 18 heteroatoms. The molecule has 12 rings (SSSR count). The van der Waals surface area contributed by atoms with Crippen molar-refractivity contribution in [3.05, 3.63) is 269 Å². The predicted octanol–water partition coefficient (Wildman–Crippen LogP) is 26.5. The number of hydrogen-bond donors (Lipinski definition) is 2. The monoisotopic (exact) mass is 1430 g/mol. The SMILES string of the molecule is C.CC.CC.CC.CC.CC.CC.CC.CC.CC.CC.CC.CC.Cc1ccccn1.Cc1cccnc1.Cc1ccco1.Cc1cccs1.Cc1ccn[nH]1.Cc1ccncc1.Cc1ccoc1.Cc1ccsc1.Cc1ncc[nH]1.Cn1cccn1.Cn1ccnc1.Cn1cncn1. The van der Waals surface area contributed by atoms with E-state index >= 15 is 0 Å². The molecule has 0 bridgehead atoms. The highest BCUT2D eigenvalue weighted by Crippen LogP contribution is 2.04. The van der Waals surface area contributed by atoms with Crippen LogP contribution in [0.5, 0.6) is 0 Å². The maximum absolute atomic E-state index is 4.83. The Labute approximate surface area is 623 Å². The van der Waals surface area contributed by atoms with Crippen LogP contribution in [-0.2, 0) is 21.1 Å². The third-order valence-electron chi connectivity index (χ3n) is 8.21. The van der Waals surface area contributed by atoms with Gasteiger partial charge in [0.25, 0.3) is 0 Å². The van der Waals surface area contributed by atoms with Crippen LogP contribution in [0.25, 0.3) is 0 Å². The van der Waals surface area contributed by atoms with Crippen LogP contribution in [-0.4, -0.2) is 69.2 Å². The molecule has 0 radical (unpaired) electrons. The number of imidazole rings is 2. The number of hydrogen-bond acceptors (Lipinski definition) is 13. The van der Waals surface area contributed by atoms with E-state index in [1.165, 1.54) is 33.5 Å². The molecule has 12 aromatic rings. The quantitative estimate of drug-likeness (QED) is 0.147. The second-order valence-corrected chi connectivity index (χ2v) is 17.4. The molecule has 0 aliphatic heterocycles. The van der Waals surface area contributed by atoms with Crippen molar-refractivity contribution >= 4 is 22.7 Å². The van der Waals surface area contributed by atoms with Crippen molar-refractivity contribution in [3.8, 4) is 0 Å². The molecule has 0 atom stereocenters. The van der Waals surface area contributed by atoms with E-state index < -0.39 is 0 Å². The summed E-state index contributed by atoms with van der Waals surface area (Å²) in [5, 5.41) is 20.3. The van der Waals surface area contributed by atoms with Crippen LogP contribution >= 0.6 is 22.7 Å². The molecule has 0 unspecified atom stereocenters. The minimum atomic E-state index is 0. The van der Waals surface area contributed by atoms with Crippen molar-refractivity contribution in [2.45, 2.75) is 236 Å². The summed E-state index contributed by atoms with van der Waals surface area (Å²) in [6, 6.07) is 29.5. The zero-order chi connectivity index (χ0) is 79.0. The number of pyridine rings is 3. The fraction of sp³-hybridized carbons (Fsp3) is 0.451. The Bertz CT molecular complexity index is 2300. The van der Waals surface area contributed by atoms with E-state index in [1.54, 1.807) is 119 Å². The minimum Gasteiger partial charge on any atom is -0.472 e. The lowest BCUT2D eigenvalue weighted by Crippen LogP contribution is -1.83. The molecular weight excluding hydrogens is 1280 g/mol. The lowest BCUT2D eigenvalue weighted by atomic mass is 10.3. The van der Waals surface area contributed by atoms with Gasteiger partial charge in [-0.05, 0) is 174 Å². The predicted molar refractivity (Wildman–Crippen MR) is 449 cm³/mol. The van der Waals surface area contributed by atoms with Crippen molar-refractivity contribution < 1.29 is 8.83 Å². The molecule has 12 heterocycles. The molecule has 0 saturated carbocycles. The summed E-state index contributed by atoms with van der Waals surface area (Å²) in [6.07, 6.45) is 31.4. The number of nitrogens with one attached hydrogen (secondary N) is 2. The lowest BCUT2D eigenvalue weighted by molar-refractivity contribution is 0.534. The van der Waals surface area contributed by atoms with E-state index in [0.29, 0.717) is 0 Å². The van der Waals surface area contributed by atoms with Gasteiger partial charge in [-0.3, -0.25) is 29.4 Å². The number of aromatic amines is 2. The van der Waals surface area contributed by atoms with Gasteiger partial charge >= 0.3 is 0 Å². The van der Waals surface area contributed by atoms with Crippen LogP contribution in [0.4, 0.5) is 0 Å². The molecule has 2 N–H and O–H groups in total. The Morgan fingerprint density at radius 1 is 0.420 bits per heavy atom. The van der Waals surface area contributed by atoms with Gasteiger partial charge in [-0.2, -0.15) is 26.6 Å². The number of H-pyrrole nitrogens is 2. The van der Waals surface area contributed by atoms with Crippen molar-refractivity contribution in [1.82, 2.24) is 69.2 Å². The van der Waals surface area contributed by atoms with Crippen molar-refractivity contribution in [2.75, 3.05) is 0 Å². The molecular formula is C82H150N14O2S2. The Balaban J connectivity index is -0.0000000730. The average molecular weight is 1430 g/mol. The fourth-order valence-corrected chi connectivity index (χ4v) is 5.51. The van der Waals surface area contributed by atoms with E-state index in [-0.39, 0.29) is 7.43 Å². The maximum atomic E-state index is 4.83. The molecule has 16 nitrogen and oxygen atoms in total. The van der Waals surface area contributed by atoms with Crippen molar-refractivity contribution in [2.24, 2.45) is 21.1 Å². The van der Waals surface area contributed by atoms with Crippen LogP contribution in [0.1, 0.15) is 224 Å². The fourth-order valence-electron chi connectivity index (χ4n) is 4.32. The number of aromatic nitrogens is 14. The highest BCUT2D eigenvalue weighted by molar-refractivity contribution is 7.09.